The number of piperazine rings is 1. The summed E-state index contributed by atoms with van der Waals surface area (Å²) in [6.07, 6.45) is 0. The number of hydrogen-bond acceptors (Lipinski definition) is 6. The Labute approximate surface area is 197 Å². The Morgan fingerprint density at radius 3 is 2.42 bits per heavy atom. The van der Waals surface area contributed by atoms with Gasteiger partial charge in [0.2, 0.25) is 17.6 Å². The van der Waals surface area contributed by atoms with Crippen LogP contribution in [0.25, 0.3) is 11.4 Å². The number of nitrogens with zero attached hydrogens (tertiary/aromatic N) is 4. The molecule has 0 aliphatic carbocycles. The van der Waals surface area contributed by atoms with Crippen LogP contribution in [0.3, 0.4) is 0 Å². The molecule has 1 fully saturated rings. The molecule has 7 nitrogen and oxygen atoms in total. The van der Waals surface area contributed by atoms with Crippen molar-refractivity contribution in [2.45, 2.75) is 32.9 Å². The minimum Gasteiger partial charge on any atom is -0.337 e. The average Bonchev–Trinajstić information content (AvgIpc) is 3.31. The summed E-state index contributed by atoms with van der Waals surface area (Å²) >= 11 is 5.78. The van der Waals surface area contributed by atoms with Crippen LogP contribution in [-0.4, -0.2) is 58.1 Å². The van der Waals surface area contributed by atoms with Crippen LogP contribution in [0.1, 0.15) is 31.3 Å². The molecule has 0 bridgehead atoms. The van der Waals surface area contributed by atoms with Crippen LogP contribution in [0.5, 0.6) is 0 Å². The molecular weight excluding hydrogens is 445 g/mol. The third kappa shape index (κ3) is 5.40. The summed E-state index contributed by atoms with van der Waals surface area (Å²) < 4.78 is 19.5. The van der Waals surface area contributed by atoms with Crippen molar-refractivity contribution in [3.05, 3.63) is 64.8 Å². The van der Waals surface area contributed by atoms with Gasteiger partial charge in [0, 0.05) is 36.8 Å². The van der Waals surface area contributed by atoms with E-state index in [0.717, 1.165) is 18.7 Å². The molecule has 174 valence electrons. The lowest BCUT2D eigenvalue weighted by atomic mass is 10.1. The first-order valence-corrected chi connectivity index (χ1v) is 11.3. The SMILES string of the molecule is Cc1ccc(-c2noc(C(C)N3CCN(C(C)C(=O)Nc4ccc(Cl)cc4F)CC3)n2)cc1. The van der Waals surface area contributed by atoms with Crippen LogP contribution in [0.4, 0.5) is 10.1 Å². The molecule has 1 aromatic heterocycles. The van der Waals surface area contributed by atoms with E-state index in [9.17, 15) is 9.18 Å². The van der Waals surface area contributed by atoms with Crippen LogP contribution >= 0.6 is 11.6 Å². The monoisotopic (exact) mass is 471 g/mol. The lowest BCUT2D eigenvalue weighted by Gasteiger charge is -2.39. The number of anilines is 1. The van der Waals surface area contributed by atoms with E-state index in [1.165, 1.54) is 17.7 Å². The predicted molar refractivity (Wildman–Crippen MR) is 126 cm³/mol. The van der Waals surface area contributed by atoms with Gasteiger partial charge < -0.3 is 9.84 Å². The Balaban J connectivity index is 1.32. The topological polar surface area (TPSA) is 74.5 Å². The molecule has 1 N–H and O–H groups in total. The molecule has 0 radical (unpaired) electrons. The van der Waals surface area contributed by atoms with E-state index < -0.39 is 11.9 Å². The number of carbonyl (C=O) groups is 1. The number of aryl methyl sites for hydroxylation is 1. The van der Waals surface area contributed by atoms with Crippen molar-refractivity contribution in [2.75, 3.05) is 31.5 Å². The van der Waals surface area contributed by atoms with Gasteiger partial charge in [0.1, 0.15) is 5.82 Å². The van der Waals surface area contributed by atoms with Crippen LogP contribution in [0.2, 0.25) is 5.02 Å². The van der Waals surface area contributed by atoms with Gasteiger partial charge in [-0.3, -0.25) is 14.6 Å². The van der Waals surface area contributed by atoms with E-state index in [0.29, 0.717) is 24.8 Å². The second kappa shape index (κ2) is 9.99. The predicted octanol–water partition coefficient (Wildman–Crippen LogP) is 4.54. The molecule has 1 aliphatic heterocycles. The molecule has 9 heteroatoms. The quantitative estimate of drug-likeness (QED) is 0.568. The largest absolute Gasteiger partial charge is 0.337 e. The van der Waals surface area contributed by atoms with Crippen molar-refractivity contribution < 1.29 is 13.7 Å². The van der Waals surface area contributed by atoms with Gasteiger partial charge in [-0.05, 0) is 39.0 Å². The summed E-state index contributed by atoms with van der Waals surface area (Å²) in [7, 11) is 0. The molecule has 0 saturated carbocycles. The maximum atomic E-state index is 14.0. The van der Waals surface area contributed by atoms with Crippen LogP contribution in [-0.2, 0) is 4.79 Å². The lowest BCUT2D eigenvalue weighted by Crippen LogP contribution is -2.53. The second-order valence-electron chi connectivity index (χ2n) is 8.36. The van der Waals surface area contributed by atoms with Gasteiger partial charge in [-0.1, -0.05) is 46.6 Å². The van der Waals surface area contributed by atoms with Gasteiger partial charge in [0.05, 0.1) is 17.8 Å². The lowest BCUT2D eigenvalue weighted by molar-refractivity contribution is -0.121. The normalized spacial score (nSPS) is 17.0. The number of aromatic nitrogens is 2. The highest BCUT2D eigenvalue weighted by Crippen LogP contribution is 2.25. The molecule has 1 aliphatic rings. The summed E-state index contributed by atoms with van der Waals surface area (Å²) in [5, 5.41) is 7.08. The molecule has 1 amide bonds. The molecule has 3 aromatic rings. The van der Waals surface area contributed by atoms with E-state index in [-0.39, 0.29) is 22.7 Å². The van der Waals surface area contributed by atoms with Crippen molar-refractivity contribution in [2.24, 2.45) is 0 Å². The minimum atomic E-state index is -0.550. The van der Waals surface area contributed by atoms with Crippen LogP contribution in [0.15, 0.2) is 47.0 Å². The van der Waals surface area contributed by atoms with Crippen molar-refractivity contribution in [3.63, 3.8) is 0 Å². The van der Waals surface area contributed by atoms with Gasteiger partial charge in [0.15, 0.2) is 0 Å². The zero-order valence-electron chi connectivity index (χ0n) is 18.9. The molecule has 4 rings (SSSR count). The summed E-state index contributed by atoms with van der Waals surface area (Å²) in [6.45, 7) is 8.79. The number of benzene rings is 2. The van der Waals surface area contributed by atoms with E-state index in [1.807, 2.05) is 45.0 Å². The van der Waals surface area contributed by atoms with Crippen molar-refractivity contribution in [3.8, 4) is 11.4 Å². The fourth-order valence-electron chi connectivity index (χ4n) is 3.89. The minimum absolute atomic E-state index is 0.0360. The Hall–Kier alpha value is -2.81. The highest BCUT2D eigenvalue weighted by atomic mass is 35.5. The average molecular weight is 472 g/mol. The fourth-order valence-corrected chi connectivity index (χ4v) is 4.05. The van der Waals surface area contributed by atoms with E-state index in [2.05, 4.69) is 25.3 Å². The standard InChI is InChI=1S/C24H27ClFN5O2/c1-15-4-6-18(7-5-15)22-28-24(33-29-22)17(3)31-12-10-30(11-13-31)16(2)23(32)27-21-9-8-19(25)14-20(21)26/h4-9,14,16-17H,10-13H2,1-3H3,(H,27,32). The van der Waals surface area contributed by atoms with Gasteiger partial charge in [-0.25, -0.2) is 4.39 Å². The maximum Gasteiger partial charge on any atom is 0.244 e. The summed E-state index contributed by atoms with van der Waals surface area (Å²) in [4.78, 5) is 21.6. The number of halogens is 2. The molecule has 0 spiro atoms. The molecule has 2 unspecified atom stereocenters. The fraction of sp³-hybridized carbons (Fsp3) is 0.375. The van der Waals surface area contributed by atoms with Crippen molar-refractivity contribution >= 4 is 23.2 Å². The van der Waals surface area contributed by atoms with Gasteiger partial charge in [-0.15, -0.1) is 0 Å². The number of carbonyl (C=O) groups excluding carboxylic acids is 1. The smallest absolute Gasteiger partial charge is 0.244 e. The van der Waals surface area contributed by atoms with E-state index >= 15 is 0 Å². The zero-order chi connectivity index (χ0) is 23.5. The molecule has 2 heterocycles. The summed E-state index contributed by atoms with van der Waals surface area (Å²) in [6, 6.07) is 11.8. The number of hydrogen-bond donors (Lipinski definition) is 1. The maximum absolute atomic E-state index is 14.0. The van der Waals surface area contributed by atoms with E-state index in [1.54, 1.807) is 6.07 Å². The first-order valence-electron chi connectivity index (χ1n) is 11.0. The Kier molecular flexibility index (Phi) is 7.07. The molecular formula is C24H27ClFN5O2. The van der Waals surface area contributed by atoms with Gasteiger partial charge >= 0.3 is 0 Å². The Morgan fingerprint density at radius 2 is 1.76 bits per heavy atom. The highest BCUT2D eigenvalue weighted by molar-refractivity contribution is 6.30. The molecule has 2 aromatic carbocycles. The second-order valence-corrected chi connectivity index (χ2v) is 8.80. The number of rotatable bonds is 6. The van der Waals surface area contributed by atoms with Crippen molar-refractivity contribution in [1.29, 1.82) is 0 Å². The van der Waals surface area contributed by atoms with E-state index in [4.69, 9.17) is 16.1 Å². The Morgan fingerprint density at radius 1 is 1.09 bits per heavy atom. The summed E-state index contributed by atoms with van der Waals surface area (Å²) in [5.41, 5.74) is 2.23. The first-order chi connectivity index (χ1) is 15.8. The first kappa shape index (κ1) is 23.4. The van der Waals surface area contributed by atoms with Crippen LogP contribution in [0, 0.1) is 12.7 Å². The third-order valence-electron chi connectivity index (χ3n) is 6.12. The number of amides is 1. The van der Waals surface area contributed by atoms with Gasteiger partial charge in [0.25, 0.3) is 0 Å². The molecule has 1 saturated heterocycles. The highest BCUT2D eigenvalue weighted by Gasteiger charge is 2.30. The zero-order valence-corrected chi connectivity index (χ0v) is 19.6. The Bertz CT molecular complexity index is 1110. The third-order valence-corrected chi connectivity index (χ3v) is 6.36. The van der Waals surface area contributed by atoms with Gasteiger partial charge in [-0.2, -0.15) is 4.98 Å². The molecule has 2 atom stereocenters. The van der Waals surface area contributed by atoms with Crippen LogP contribution < -0.4 is 5.32 Å². The van der Waals surface area contributed by atoms with Crippen molar-refractivity contribution in [1.82, 2.24) is 19.9 Å². The number of nitrogens with one attached hydrogen (secondary N) is 1. The summed E-state index contributed by atoms with van der Waals surface area (Å²) in [5.74, 6) is 0.349. The molecule has 33 heavy (non-hydrogen) atoms.